The van der Waals surface area contributed by atoms with Gasteiger partial charge in [-0.05, 0) is 43.5 Å². The third-order valence-corrected chi connectivity index (χ3v) is 5.28. The molecule has 3 rings (SSSR count). The van der Waals surface area contributed by atoms with E-state index in [0.717, 1.165) is 31.2 Å². The molecule has 146 valence electrons. The first-order chi connectivity index (χ1) is 13.5. The molecule has 0 bridgehead atoms. The van der Waals surface area contributed by atoms with Gasteiger partial charge in [-0.25, -0.2) is 0 Å². The van der Waals surface area contributed by atoms with Crippen LogP contribution in [0.25, 0.3) is 6.08 Å². The molecule has 1 aliphatic carbocycles. The molecular formula is C24H28N2O2. The highest BCUT2D eigenvalue weighted by Crippen LogP contribution is 2.22. The van der Waals surface area contributed by atoms with Crippen molar-refractivity contribution in [2.24, 2.45) is 0 Å². The molecule has 1 saturated carbocycles. The first-order valence-electron chi connectivity index (χ1n) is 9.97. The van der Waals surface area contributed by atoms with Crippen molar-refractivity contribution in [2.75, 3.05) is 11.9 Å². The topological polar surface area (TPSA) is 49.4 Å². The van der Waals surface area contributed by atoms with E-state index >= 15 is 0 Å². The SMILES string of the molecule is Cc1ccc(/C=C/C(=O)N(C)c2ccccc2C(=O)NC2CCCCC2)cc1. The van der Waals surface area contributed by atoms with E-state index < -0.39 is 0 Å². The predicted molar refractivity (Wildman–Crippen MR) is 114 cm³/mol. The van der Waals surface area contributed by atoms with Gasteiger partial charge in [-0.2, -0.15) is 0 Å². The van der Waals surface area contributed by atoms with Gasteiger partial charge in [-0.3, -0.25) is 9.59 Å². The summed E-state index contributed by atoms with van der Waals surface area (Å²) in [6.07, 6.45) is 8.96. The Labute approximate surface area is 167 Å². The predicted octanol–water partition coefficient (Wildman–Crippen LogP) is 4.73. The first-order valence-corrected chi connectivity index (χ1v) is 9.97. The zero-order valence-electron chi connectivity index (χ0n) is 16.7. The van der Waals surface area contributed by atoms with Crippen LogP contribution < -0.4 is 10.2 Å². The lowest BCUT2D eigenvalue weighted by Gasteiger charge is -2.24. The molecule has 0 aromatic heterocycles. The quantitative estimate of drug-likeness (QED) is 0.767. The third kappa shape index (κ3) is 5.10. The number of hydrogen-bond donors (Lipinski definition) is 1. The van der Waals surface area contributed by atoms with E-state index in [9.17, 15) is 9.59 Å². The minimum atomic E-state index is -0.168. The van der Waals surface area contributed by atoms with Crippen LogP contribution in [0.4, 0.5) is 5.69 Å². The Kier molecular flexibility index (Phi) is 6.64. The van der Waals surface area contributed by atoms with Gasteiger partial charge in [0.25, 0.3) is 11.8 Å². The summed E-state index contributed by atoms with van der Waals surface area (Å²) in [4.78, 5) is 27.0. The Morgan fingerprint density at radius 1 is 1.00 bits per heavy atom. The number of hydrogen-bond acceptors (Lipinski definition) is 2. The fraction of sp³-hybridized carbons (Fsp3) is 0.333. The Morgan fingerprint density at radius 3 is 2.39 bits per heavy atom. The number of nitrogens with one attached hydrogen (secondary N) is 1. The summed E-state index contributed by atoms with van der Waals surface area (Å²) in [6.45, 7) is 2.03. The summed E-state index contributed by atoms with van der Waals surface area (Å²) in [5, 5.41) is 3.14. The molecule has 2 amide bonds. The Balaban J connectivity index is 1.72. The molecule has 4 nitrogen and oxygen atoms in total. The number of anilines is 1. The summed E-state index contributed by atoms with van der Waals surface area (Å²) < 4.78 is 0. The van der Waals surface area contributed by atoms with Gasteiger partial charge in [-0.15, -0.1) is 0 Å². The molecule has 1 aliphatic rings. The van der Waals surface area contributed by atoms with Crippen LogP contribution in [0.1, 0.15) is 53.6 Å². The van der Waals surface area contributed by atoms with Gasteiger partial charge in [0.05, 0.1) is 11.3 Å². The molecule has 0 heterocycles. The van der Waals surface area contributed by atoms with E-state index in [1.165, 1.54) is 16.9 Å². The zero-order valence-corrected chi connectivity index (χ0v) is 16.7. The van der Waals surface area contributed by atoms with Crippen LogP contribution >= 0.6 is 0 Å². The van der Waals surface area contributed by atoms with Gasteiger partial charge in [0.2, 0.25) is 0 Å². The Morgan fingerprint density at radius 2 is 1.68 bits per heavy atom. The van der Waals surface area contributed by atoms with Crippen molar-refractivity contribution < 1.29 is 9.59 Å². The van der Waals surface area contributed by atoms with E-state index in [2.05, 4.69) is 5.32 Å². The van der Waals surface area contributed by atoms with Crippen LogP contribution in [-0.2, 0) is 4.79 Å². The summed E-state index contributed by atoms with van der Waals surface area (Å²) in [5.74, 6) is -0.275. The number of carbonyl (C=O) groups excluding carboxylic acids is 2. The molecule has 0 unspecified atom stereocenters. The largest absolute Gasteiger partial charge is 0.349 e. The second-order valence-corrected chi connectivity index (χ2v) is 7.47. The van der Waals surface area contributed by atoms with Crippen LogP contribution in [0, 0.1) is 6.92 Å². The monoisotopic (exact) mass is 376 g/mol. The molecule has 0 atom stereocenters. The molecule has 0 aliphatic heterocycles. The summed E-state index contributed by atoms with van der Waals surface area (Å²) in [7, 11) is 1.70. The molecule has 4 heteroatoms. The number of amides is 2. The summed E-state index contributed by atoms with van der Waals surface area (Å²) in [6, 6.07) is 15.5. The van der Waals surface area contributed by atoms with Crippen LogP contribution in [0.5, 0.6) is 0 Å². The third-order valence-electron chi connectivity index (χ3n) is 5.28. The van der Waals surface area contributed by atoms with Gasteiger partial charge in [0.1, 0.15) is 0 Å². The van der Waals surface area contributed by atoms with Gasteiger partial charge in [0.15, 0.2) is 0 Å². The highest BCUT2D eigenvalue weighted by molar-refractivity contribution is 6.08. The summed E-state index contributed by atoms with van der Waals surface area (Å²) in [5.41, 5.74) is 3.30. The van der Waals surface area contributed by atoms with Crippen LogP contribution in [-0.4, -0.2) is 24.9 Å². The van der Waals surface area contributed by atoms with Gasteiger partial charge >= 0.3 is 0 Å². The van der Waals surface area contributed by atoms with E-state index in [1.807, 2.05) is 49.4 Å². The molecule has 1 N–H and O–H groups in total. The Hall–Kier alpha value is -2.88. The van der Waals surface area contributed by atoms with E-state index in [0.29, 0.717) is 11.3 Å². The van der Waals surface area contributed by atoms with E-state index in [4.69, 9.17) is 0 Å². The average Bonchev–Trinajstić information content (AvgIpc) is 2.73. The minimum Gasteiger partial charge on any atom is -0.349 e. The normalized spacial score (nSPS) is 14.8. The fourth-order valence-corrected chi connectivity index (χ4v) is 3.54. The molecule has 0 radical (unpaired) electrons. The molecule has 0 spiro atoms. The van der Waals surface area contributed by atoms with Gasteiger partial charge in [0, 0.05) is 19.2 Å². The summed E-state index contributed by atoms with van der Waals surface area (Å²) >= 11 is 0. The number of likely N-dealkylation sites (N-methyl/N-ethyl adjacent to an activating group) is 1. The molecule has 2 aromatic carbocycles. The number of carbonyl (C=O) groups is 2. The van der Waals surface area contributed by atoms with Crippen molar-refractivity contribution in [3.63, 3.8) is 0 Å². The van der Waals surface area contributed by atoms with E-state index in [1.54, 1.807) is 25.3 Å². The maximum atomic E-state index is 12.8. The first kappa shape index (κ1) is 19.9. The standard InChI is InChI=1S/C24H28N2O2/c1-18-12-14-19(15-13-18)16-17-23(27)26(2)22-11-7-6-10-21(22)24(28)25-20-8-4-3-5-9-20/h6-7,10-17,20H,3-5,8-9H2,1-2H3,(H,25,28)/b17-16+. The maximum absolute atomic E-state index is 12.8. The molecule has 0 saturated heterocycles. The van der Waals surface area contributed by atoms with Crippen molar-refractivity contribution in [3.05, 3.63) is 71.3 Å². The molecule has 28 heavy (non-hydrogen) atoms. The van der Waals surface area contributed by atoms with Crippen molar-refractivity contribution in [3.8, 4) is 0 Å². The van der Waals surface area contributed by atoms with Crippen molar-refractivity contribution in [1.82, 2.24) is 5.32 Å². The van der Waals surface area contributed by atoms with Gasteiger partial charge < -0.3 is 10.2 Å². The van der Waals surface area contributed by atoms with Crippen LogP contribution in [0.2, 0.25) is 0 Å². The number of nitrogens with zero attached hydrogens (tertiary/aromatic N) is 1. The molecular weight excluding hydrogens is 348 g/mol. The highest BCUT2D eigenvalue weighted by atomic mass is 16.2. The van der Waals surface area contributed by atoms with Gasteiger partial charge in [-0.1, -0.05) is 61.2 Å². The number of rotatable bonds is 5. The lowest BCUT2D eigenvalue weighted by molar-refractivity contribution is -0.113. The van der Waals surface area contributed by atoms with Crippen LogP contribution in [0.3, 0.4) is 0 Å². The average molecular weight is 377 g/mol. The van der Waals surface area contributed by atoms with Crippen LogP contribution in [0.15, 0.2) is 54.6 Å². The van der Waals surface area contributed by atoms with Crippen molar-refractivity contribution >= 4 is 23.6 Å². The second-order valence-electron chi connectivity index (χ2n) is 7.47. The highest BCUT2D eigenvalue weighted by Gasteiger charge is 2.20. The number of benzene rings is 2. The zero-order chi connectivity index (χ0) is 19.9. The fourth-order valence-electron chi connectivity index (χ4n) is 3.54. The van der Waals surface area contributed by atoms with Crippen molar-refractivity contribution in [2.45, 2.75) is 45.1 Å². The lowest BCUT2D eigenvalue weighted by Crippen LogP contribution is -2.37. The molecule has 2 aromatic rings. The molecule has 1 fully saturated rings. The second kappa shape index (κ2) is 9.36. The number of para-hydroxylation sites is 1. The smallest absolute Gasteiger partial charge is 0.253 e. The minimum absolute atomic E-state index is 0.107. The maximum Gasteiger partial charge on any atom is 0.253 e. The van der Waals surface area contributed by atoms with E-state index in [-0.39, 0.29) is 17.9 Å². The Bertz CT molecular complexity index is 849. The number of aryl methyl sites for hydroxylation is 1. The lowest BCUT2D eigenvalue weighted by atomic mass is 9.95. The van der Waals surface area contributed by atoms with Crippen molar-refractivity contribution in [1.29, 1.82) is 0 Å².